The number of hydrogen-bond donors (Lipinski definition) is 4. The molecule has 0 aliphatic heterocycles. The quantitative estimate of drug-likeness (QED) is 0.227. The Bertz CT molecular complexity index is 886. The number of rotatable bonds is 8. The zero-order valence-corrected chi connectivity index (χ0v) is 18.1. The van der Waals surface area contributed by atoms with E-state index >= 15 is 0 Å². The molecular formula is C23H31N5O2. The van der Waals surface area contributed by atoms with E-state index < -0.39 is 5.97 Å². The van der Waals surface area contributed by atoms with Crippen LogP contribution in [0.2, 0.25) is 0 Å². The van der Waals surface area contributed by atoms with Gasteiger partial charge in [-0.25, -0.2) is 10.4 Å². The normalized spacial score (nSPS) is 12.5. The SMILES string of the molecule is CNNC(=NC(C)(C)C)Nc1cccc(/C(=C/CCCC(=O)O)c2cccnc2)c1. The molecule has 0 saturated carbocycles. The van der Waals surface area contributed by atoms with Crippen molar-refractivity contribution < 1.29 is 9.90 Å². The zero-order valence-electron chi connectivity index (χ0n) is 18.1. The van der Waals surface area contributed by atoms with Crippen LogP contribution in [0.3, 0.4) is 0 Å². The second-order valence-corrected chi connectivity index (χ2v) is 7.86. The largest absolute Gasteiger partial charge is 0.481 e. The summed E-state index contributed by atoms with van der Waals surface area (Å²) >= 11 is 0. The van der Waals surface area contributed by atoms with E-state index in [4.69, 9.17) is 5.11 Å². The number of benzene rings is 1. The third kappa shape index (κ3) is 8.05. The number of carboxylic acid groups (broad SMARTS) is 1. The average Bonchev–Trinajstić information content (AvgIpc) is 2.67. The first-order valence-corrected chi connectivity index (χ1v) is 10.0. The van der Waals surface area contributed by atoms with Gasteiger partial charge in [-0.1, -0.05) is 24.3 Å². The summed E-state index contributed by atoms with van der Waals surface area (Å²) in [6.07, 6.45) is 7.05. The smallest absolute Gasteiger partial charge is 0.303 e. The van der Waals surface area contributed by atoms with E-state index in [0.29, 0.717) is 18.8 Å². The van der Waals surface area contributed by atoms with E-state index in [1.54, 1.807) is 13.2 Å². The highest BCUT2D eigenvalue weighted by Crippen LogP contribution is 2.26. The van der Waals surface area contributed by atoms with Gasteiger partial charge >= 0.3 is 5.97 Å². The lowest BCUT2D eigenvalue weighted by Gasteiger charge is -2.18. The van der Waals surface area contributed by atoms with Crippen LogP contribution in [0.1, 0.15) is 51.2 Å². The number of carbonyl (C=O) groups is 1. The summed E-state index contributed by atoms with van der Waals surface area (Å²) in [5, 5.41) is 12.2. The Morgan fingerprint density at radius 2 is 1.97 bits per heavy atom. The van der Waals surface area contributed by atoms with Crippen LogP contribution in [0, 0.1) is 0 Å². The van der Waals surface area contributed by atoms with Gasteiger partial charge in [-0.2, -0.15) is 0 Å². The van der Waals surface area contributed by atoms with Crippen molar-refractivity contribution in [2.24, 2.45) is 4.99 Å². The lowest BCUT2D eigenvalue weighted by atomic mass is 9.97. The lowest BCUT2D eigenvalue weighted by molar-refractivity contribution is -0.137. The molecule has 0 spiro atoms. The second kappa shape index (κ2) is 11.1. The Balaban J connectivity index is 2.32. The van der Waals surface area contributed by atoms with Crippen molar-refractivity contribution in [2.45, 2.75) is 45.6 Å². The molecule has 4 N–H and O–H groups in total. The molecular weight excluding hydrogens is 378 g/mol. The van der Waals surface area contributed by atoms with Crippen molar-refractivity contribution in [1.29, 1.82) is 0 Å². The van der Waals surface area contributed by atoms with Gasteiger partial charge < -0.3 is 10.4 Å². The number of nitrogens with zero attached hydrogens (tertiary/aromatic N) is 2. The van der Waals surface area contributed by atoms with Gasteiger partial charge in [0.1, 0.15) is 0 Å². The van der Waals surface area contributed by atoms with Gasteiger partial charge in [-0.3, -0.25) is 15.2 Å². The van der Waals surface area contributed by atoms with Gasteiger partial charge in [0.2, 0.25) is 5.96 Å². The first kappa shape index (κ1) is 23.1. The molecule has 7 nitrogen and oxygen atoms in total. The fraction of sp³-hybridized carbons (Fsp3) is 0.348. The molecule has 0 fully saturated rings. The topological polar surface area (TPSA) is 98.6 Å². The second-order valence-electron chi connectivity index (χ2n) is 7.86. The first-order chi connectivity index (χ1) is 14.3. The summed E-state index contributed by atoms with van der Waals surface area (Å²) in [5.74, 6) is -0.157. The highest BCUT2D eigenvalue weighted by atomic mass is 16.4. The maximum Gasteiger partial charge on any atom is 0.303 e. The summed E-state index contributed by atoms with van der Waals surface area (Å²) < 4.78 is 0. The van der Waals surface area contributed by atoms with E-state index in [1.807, 2.05) is 63.4 Å². The minimum Gasteiger partial charge on any atom is -0.481 e. The molecule has 0 radical (unpaired) electrons. The number of anilines is 1. The standard InChI is InChI=1S/C23H31N5O2/c1-23(2,3)27-22(28-24-4)26-19-11-7-9-17(15-19)20(12-5-6-13-21(29)30)18-10-8-14-25-16-18/h7-12,14-16,24H,5-6,13H2,1-4H3,(H,29,30)(H2,26,27,28)/b20-12-. The summed E-state index contributed by atoms with van der Waals surface area (Å²) in [5.41, 5.74) is 9.61. The number of nitrogens with one attached hydrogen (secondary N) is 3. The molecule has 0 aliphatic rings. The maximum absolute atomic E-state index is 10.8. The molecule has 1 aromatic heterocycles. The first-order valence-electron chi connectivity index (χ1n) is 10.0. The monoisotopic (exact) mass is 409 g/mol. The van der Waals surface area contributed by atoms with Crippen molar-refractivity contribution in [3.05, 3.63) is 66.0 Å². The fourth-order valence-electron chi connectivity index (χ4n) is 2.87. The summed E-state index contributed by atoms with van der Waals surface area (Å²) in [6.45, 7) is 6.09. The number of aromatic nitrogens is 1. The van der Waals surface area contributed by atoms with Gasteiger partial charge in [-0.15, -0.1) is 0 Å². The van der Waals surface area contributed by atoms with E-state index in [-0.39, 0.29) is 12.0 Å². The number of pyridine rings is 1. The van der Waals surface area contributed by atoms with E-state index in [1.165, 1.54) is 0 Å². The molecule has 2 rings (SSSR count). The van der Waals surface area contributed by atoms with Crippen molar-refractivity contribution in [2.75, 3.05) is 12.4 Å². The molecule has 0 atom stereocenters. The van der Waals surface area contributed by atoms with Crippen LogP contribution in [-0.2, 0) is 4.79 Å². The lowest BCUT2D eigenvalue weighted by Crippen LogP contribution is -2.40. The molecule has 0 bridgehead atoms. The highest BCUT2D eigenvalue weighted by molar-refractivity contribution is 5.94. The molecule has 1 heterocycles. The molecule has 7 heteroatoms. The number of hydrazine groups is 1. The number of unbranched alkanes of at least 4 members (excludes halogenated alkanes) is 1. The van der Waals surface area contributed by atoms with Crippen LogP contribution < -0.4 is 16.2 Å². The maximum atomic E-state index is 10.8. The van der Waals surface area contributed by atoms with Crippen molar-refractivity contribution in [3.63, 3.8) is 0 Å². The minimum absolute atomic E-state index is 0.154. The Kier molecular flexibility index (Phi) is 8.55. The molecule has 30 heavy (non-hydrogen) atoms. The van der Waals surface area contributed by atoms with Crippen molar-refractivity contribution in [3.8, 4) is 0 Å². The number of carboxylic acids is 1. The summed E-state index contributed by atoms with van der Waals surface area (Å²) in [4.78, 5) is 19.7. The van der Waals surface area contributed by atoms with E-state index in [2.05, 4.69) is 32.2 Å². The average molecular weight is 410 g/mol. The zero-order chi connectivity index (χ0) is 22.0. The third-order valence-corrected chi connectivity index (χ3v) is 4.04. The molecule has 0 unspecified atom stereocenters. The molecule has 1 aromatic carbocycles. The molecule has 0 aliphatic carbocycles. The Labute approximate surface area is 178 Å². The number of aliphatic carboxylic acids is 1. The van der Waals surface area contributed by atoms with E-state index in [9.17, 15) is 4.79 Å². The highest BCUT2D eigenvalue weighted by Gasteiger charge is 2.11. The number of aliphatic imine (C=N–C) groups is 1. The number of allylic oxidation sites excluding steroid dienone is 1. The van der Waals surface area contributed by atoms with Crippen molar-refractivity contribution in [1.82, 2.24) is 15.8 Å². The Hall–Kier alpha value is -3.19. The van der Waals surface area contributed by atoms with Crippen LogP contribution in [0.25, 0.3) is 5.57 Å². The molecule has 160 valence electrons. The Morgan fingerprint density at radius 1 is 1.20 bits per heavy atom. The fourth-order valence-corrected chi connectivity index (χ4v) is 2.87. The van der Waals surface area contributed by atoms with Gasteiger partial charge in [0.15, 0.2) is 0 Å². The minimum atomic E-state index is -0.778. The van der Waals surface area contributed by atoms with Gasteiger partial charge in [0, 0.05) is 37.1 Å². The van der Waals surface area contributed by atoms with Gasteiger partial charge in [0.25, 0.3) is 0 Å². The summed E-state index contributed by atoms with van der Waals surface area (Å²) in [7, 11) is 1.79. The van der Waals surface area contributed by atoms with E-state index in [0.717, 1.165) is 22.4 Å². The molecule has 2 aromatic rings. The number of guanidine groups is 1. The van der Waals surface area contributed by atoms with Gasteiger partial charge in [-0.05, 0) is 62.9 Å². The Morgan fingerprint density at radius 3 is 2.60 bits per heavy atom. The predicted molar refractivity (Wildman–Crippen MR) is 122 cm³/mol. The van der Waals surface area contributed by atoms with Crippen LogP contribution >= 0.6 is 0 Å². The van der Waals surface area contributed by atoms with Crippen LogP contribution in [0.15, 0.2) is 59.9 Å². The number of hydrogen-bond acceptors (Lipinski definition) is 4. The third-order valence-electron chi connectivity index (χ3n) is 4.04. The van der Waals surface area contributed by atoms with Gasteiger partial charge in [0.05, 0.1) is 5.54 Å². The van der Waals surface area contributed by atoms with Crippen LogP contribution in [0.4, 0.5) is 5.69 Å². The molecule has 0 amide bonds. The van der Waals surface area contributed by atoms with Crippen molar-refractivity contribution >= 4 is 23.2 Å². The van der Waals surface area contributed by atoms with Crippen LogP contribution in [-0.4, -0.2) is 34.6 Å². The van der Waals surface area contributed by atoms with Crippen LogP contribution in [0.5, 0.6) is 0 Å². The summed E-state index contributed by atoms with van der Waals surface area (Å²) in [6, 6.07) is 11.9. The molecule has 0 saturated heterocycles. The predicted octanol–water partition coefficient (Wildman–Crippen LogP) is 4.06.